The summed E-state index contributed by atoms with van der Waals surface area (Å²) in [5, 5.41) is 3.71. The number of hydrogen-bond donors (Lipinski definition) is 1. The van der Waals surface area contributed by atoms with Crippen molar-refractivity contribution in [3.05, 3.63) is 72.1 Å². The van der Waals surface area contributed by atoms with Crippen LogP contribution in [0.2, 0.25) is 0 Å². The zero-order valence-corrected chi connectivity index (χ0v) is 15.6. The van der Waals surface area contributed by atoms with E-state index < -0.39 is 0 Å². The van der Waals surface area contributed by atoms with Crippen molar-refractivity contribution in [2.75, 3.05) is 12.9 Å². The molecule has 26 heavy (non-hydrogen) atoms. The molecule has 0 bridgehead atoms. The largest absolute Gasteiger partial charge is 0.497 e. The van der Waals surface area contributed by atoms with Crippen LogP contribution in [0.3, 0.4) is 0 Å². The lowest BCUT2D eigenvalue weighted by Crippen LogP contribution is -2.24. The Kier molecular flexibility index (Phi) is 5.96. The number of carbonyl (C=O) groups excluding carboxylic acids is 1. The molecule has 0 aliphatic heterocycles. The van der Waals surface area contributed by atoms with E-state index >= 15 is 0 Å². The SMILES string of the molecule is COc1cccc(-n2ccnc2SCC(=O)NCc2ccc(C)cc2)c1. The average Bonchev–Trinajstić information content (AvgIpc) is 3.14. The molecule has 0 unspecified atom stereocenters. The first-order valence-corrected chi connectivity index (χ1v) is 9.27. The van der Waals surface area contributed by atoms with E-state index in [1.807, 2.05) is 66.2 Å². The van der Waals surface area contributed by atoms with Gasteiger partial charge < -0.3 is 10.1 Å². The van der Waals surface area contributed by atoms with Gasteiger partial charge in [-0.25, -0.2) is 4.98 Å². The van der Waals surface area contributed by atoms with Crippen molar-refractivity contribution in [3.8, 4) is 11.4 Å². The molecule has 0 aliphatic rings. The standard InChI is InChI=1S/C20H21N3O2S/c1-15-6-8-16(9-7-15)13-22-19(24)14-26-20-21-10-11-23(20)17-4-3-5-18(12-17)25-2/h3-12H,13-14H2,1-2H3,(H,22,24). The van der Waals surface area contributed by atoms with Gasteiger partial charge in [-0.3, -0.25) is 9.36 Å². The van der Waals surface area contributed by atoms with Crippen LogP contribution >= 0.6 is 11.8 Å². The number of aryl methyl sites for hydroxylation is 1. The van der Waals surface area contributed by atoms with Gasteiger partial charge in [0.1, 0.15) is 5.75 Å². The highest BCUT2D eigenvalue weighted by atomic mass is 32.2. The van der Waals surface area contributed by atoms with Gasteiger partial charge in [0, 0.05) is 25.0 Å². The minimum Gasteiger partial charge on any atom is -0.497 e. The summed E-state index contributed by atoms with van der Waals surface area (Å²) >= 11 is 1.41. The first-order chi connectivity index (χ1) is 12.7. The number of benzene rings is 2. The van der Waals surface area contributed by atoms with Crippen molar-refractivity contribution in [1.82, 2.24) is 14.9 Å². The monoisotopic (exact) mass is 367 g/mol. The summed E-state index contributed by atoms with van der Waals surface area (Å²) in [6.07, 6.45) is 3.60. The van der Waals surface area contributed by atoms with Gasteiger partial charge in [-0.05, 0) is 24.6 Å². The van der Waals surface area contributed by atoms with Gasteiger partial charge in [0.25, 0.3) is 0 Å². The normalized spacial score (nSPS) is 10.5. The van der Waals surface area contributed by atoms with E-state index in [-0.39, 0.29) is 5.91 Å². The summed E-state index contributed by atoms with van der Waals surface area (Å²) < 4.78 is 7.21. The molecule has 0 saturated heterocycles. The molecule has 3 rings (SSSR count). The lowest BCUT2D eigenvalue weighted by molar-refractivity contribution is -0.118. The molecule has 6 heteroatoms. The molecule has 0 spiro atoms. The maximum atomic E-state index is 12.1. The zero-order valence-electron chi connectivity index (χ0n) is 14.8. The number of rotatable bonds is 7. The maximum Gasteiger partial charge on any atom is 0.230 e. The number of amides is 1. The van der Waals surface area contributed by atoms with Gasteiger partial charge in [-0.2, -0.15) is 0 Å². The van der Waals surface area contributed by atoms with Gasteiger partial charge >= 0.3 is 0 Å². The molecule has 5 nitrogen and oxygen atoms in total. The predicted octanol–water partition coefficient (Wildman–Crippen LogP) is 3.60. The van der Waals surface area contributed by atoms with Crippen molar-refractivity contribution in [2.45, 2.75) is 18.6 Å². The Bertz CT molecular complexity index is 875. The molecule has 0 fully saturated rings. The van der Waals surface area contributed by atoms with Gasteiger partial charge in [0.05, 0.1) is 18.6 Å². The molecule has 3 aromatic rings. The zero-order chi connectivity index (χ0) is 18.4. The maximum absolute atomic E-state index is 12.1. The lowest BCUT2D eigenvalue weighted by Gasteiger charge is -2.09. The third kappa shape index (κ3) is 4.67. The number of nitrogens with one attached hydrogen (secondary N) is 1. The minimum atomic E-state index is -0.0178. The van der Waals surface area contributed by atoms with E-state index in [0.717, 1.165) is 22.2 Å². The van der Waals surface area contributed by atoms with Crippen molar-refractivity contribution in [1.29, 1.82) is 0 Å². The van der Waals surface area contributed by atoms with Crippen LogP contribution in [0.1, 0.15) is 11.1 Å². The van der Waals surface area contributed by atoms with Crippen LogP contribution in [0.15, 0.2) is 66.1 Å². The highest BCUT2D eigenvalue weighted by Crippen LogP contribution is 2.23. The highest BCUT2D eigenvalue weighted by Gasteiger charge is 2.09. The van der Waals surface area contributed by atoms with Gasteiger partial charge in [-0.1, -0.05) is 47.7 Å². The number of hydrogen-bond acceptors (Lipinski definition) is 4. The number of ether oxygens (including phenoxy) is 1. The Morgan fingerprint density at radius 3 is 2.81 bits per heavy atom. The van der Waals surface area contributed by atoms with Crippen molar-refractivity contribution in [2.24, 2.45) is 0 Å². The Morgan fingerprint density at radius 1 is 1.23 bits per heavy atom. The molecule has 1 amide bonds. The summed E-state index contributed by atoms with van der Waals surface area (Å²) in [5.74, 6) is 1.08. The molecule has 1 N–H and O–H groups in total. The van der Waals surface area contributed by atoms with E-state index in [4.69, 9.17) is 4.74 Å². The minimum absolute atomic E-state index is 0.0178. The quantitative estimate of drug-likeness (QED) is 0.648. The topological polar surface area (TPSA) is 56.2 Å². The fourth-order valence-electron chi connectivity index (χ4n) is 2.44. The van der Waals surface area contributed by atoms with Crippen LogP contribution in [0, 0.1) is 6.92 Å². The third-order valence-electron chi connectivity index (χ3n) is 3.88. The van der Waals surface area contributed by atoms with Crippen molar-refractivity contribution < 1.29 is 9.53 Å². The number of aromatic nitrogens is 2. The lowest BCUT2D eigenvalue weighted by atomic mass is 10.1. The number of carbonyl (C=O) groups is 1. The second kappa shape index (κ2) is 8.58. The van der Waals surface area contributed by atoms with Crippen LogP contribution in [0.5, 0.6) is 5.75 Å². The van der Waals surface area contributed by atoms with Crippen LogP contribution < -0.4 is 10.1 Å². The predicted molar refractivity (Wildman–Crippen MR) is 104 cm³/mol. The van der Waals surface area contributed by atoms with Crippen LogP contribution in [-0.4, -0.2) is 28.3 Å². The van der Waals surface area contributed by atoms with Crippen molar-refractivity contribution in [3.63, 3.8) is 0 Å². The van der Waals surface area contributed by atoms with E-state index in [9.17, 15) is 4.79 Å². The van der Waals surface area contributed by atoms with Crippen molar-refractivity contribution >= 4 is 17.7 Å². The second-order valence-corrected chi connectivity index (χ2v) is 6.77. The first-order valence-electron chi connectivity index (χ1n) is 8.28. The molecule has 0 atom stereocenters. The Balaban J connectivity index is 1.57. The van der Waals surface area contributed by atoms with E-state index in [0.29, 0.717) is 12.3 Å². The first kappa shape index (κ1) is 18.1. The Morgan fingerprint density at radius 2 is 2.04 bits per heavy atom. The number of nitrogens with zero attached hydrogens (tertiary/aromatic N) is 2. The molecule has 1 heterocycles. The molecule has 2 aromatic carbocycles. The van der Waals surface area contributed by atoms with Crippen LogP contribution in [0.25, 0.3) is 5.69 Å². The number of imidazole rings is 1. The van der Waals surface area contributed by atoms with Gasteiger partial charge in [-0.15, -0.1) is 0 Å². The molecule has 134 valence electrons. The summed E-state index contributed by atoms with van der Waals surface area (Å²) in [7, 11) is 1.64. The van der Waals surface area contributed by atoms with Gasteiger partial charge in [0.2, 0.25) is 5.91 Å². The smallest absolute Gasteiger partial charge is 0.230 e. The van der Waals surface area contributed by atoms with Crippen LogP contribution in [0.4, 0.5) is 0 Å². The molecule has 1 aromatic heterocycles. The molecule has 0 saturated carbocycles. The summed E-state index contributed by atoms with van der Waals surface area (Å²) in [4.78, 5) is 16.5. The second-order valence-electron chi connectivity index (χ2n) is 5.83. The van der Waals surface area contributed by atoms with Gasteiger partial charge in [0.15, 0.2) is 5.16 Å². The Hall–Kier alpha value is -2.73. The van der Waals surface area contributed by atoms with E-state index in [2.05, 4.69) is 10.3 Å². The van der Waals surface area contributed by atoms with E-state index in [1.165, 1.54) is 17.3 Å². The fourth-order valence-corrected chi connectivity index (χ4v) is 3.24. The molecular weight excluding hydrogens is 346 g/mol. The Labute approximate surface area is 157 Å². The average molecular weight is 367 g/mol. The molecule has 0 aliphatic carbocycles. The third-order valence-corrected chi connectivity index (χ3v) is 4.85. The fraction of sp³-hybridized carbons (Fsp3) is 0.200. The number of thioether (sulfide) groups is 1. The summed E-state index contributed by atoms with van der Waals surface area (Å²) in [5.41, 5.74) is 3.25. The number of methoxy groups -OCH3 is 1. The molecule has 0 radical (unpaired) electrons. The highest BCUT2D eigenvalue weighted by molar-refractivity contribution is 7.99. The summed E-state index contributed by atoms with van der Waals surface area (Å²) in [6, 6.07) is 15.9. The van der Waals surface area contributed by atoms with E-state index in [1.54, 1.807) is 13.3 Å². The molecular formula is C20H21N3O2S. The van der Waals surface area contributed by atoms with Crippen LogP contribution in [-0.2, 0) is 11.3 Å². The summed E-state index contributed by atoms with van der Waals surface area (Å²) in [6.45, 7) is 2.58.